The Bertz CT molecular complexity index is 877. The van der Waals surface area contributed by atoms with Gasteiger partial charge in [0.05, 0.1) is 0 Å². The van der Waals surface area contributed by atoms with E-state index in [1.165, 1.54) is 11.1 Å². The minimum absolute atomic E-state index is 0.108. The Morgan fingerprint density at radius 3 is 2.15 bits per heavy atom. The maximum Gasteiger partial charge on any atom is 0.163 e. The van der Waals surface area contributed by atoms with E-state index < -0.39 is 0 Å². The van der Waals surface area contributed by atoms with Crippen LogP contribution < -0.4 is 0 Å². The molecule has 1 heterocycles. The van der Waals surface area contributed by atoms with Crippen molar-refractivity contribution in [2.24, 2.45) is 0 Å². The van der Waals surface area contributed by atoms with Crippen LogP contribution in [0.25, 0.3) is 11.4 Å². The van der Waals surface area contributed by atoms with Crippen LogP contribution in [0.3, 0.4) is 0 Å². The van der Waals surface area contributed by atoms with Gasteiger partial charge in [-0.25, -0.2) is 15.0 Å². The number of aromatic nitrogens is 3. The van der Waals surface area contributed by atoms with Gasteiger partial charge in [-0.1, -0.05) is 83.1 Å². The summed E-state index contributed by atoms with van der Waals surface area (Å²) in [6.07, 6.45) is 0.906. The molecule has 0 N–H and O–H groups in total. The average Bonchev–Trinajstić information content (AvgIpc) is 2.61. The summed E-state index contributed by atoms with van der Waals surface area (Å²) < 4.78 is 0. The molecule has 0 radical (unpaired) electrons. The molecule has 0 atom stereocenters. The van der Waals surface area contributed by atoms with E-state index >= 15 is 0 Å². The molecular weight excluding hydrogens is 318 g/mol. The zero-order valence-corrected chi connectivity index (χ0v) is 16.3. The van der Waals surface area contributed by atoms with Crippen LogP contribution in [0.2, 0.25) is 0 Å². The molecule has 0 fully saturated rings. The Balaban J connectivity index is 2.00. The van der Waals surface area contributed by atoms with E-state index in [-0.39, 0.29) is 11.3 Å². The molecule has 1 aromatic heterocycles. The van der Waals surface area contributed by atoms with Gasteiger partial charge in [0, 0.05) is 16.9 Å². The van der Waals surface area contributed by atoms with Gasteiger partial charge in [-0.15, -0.1) is 0 Å². The lowest BCUT2D eigenvalue weighted by Gasteiger charge is -2.19. The van der Waals surface area contributed by atoms with Crippen molar-refractivity contribution in [1.29, 1.82) is 0 Å². The van der Waals surface area contributed by atoms with Gasteiger partial charge in [-0.2, -0.15) is 0 Å². The number of nitrogens with zero attached hydrogens (tertiary/aromatic N) is 3. The Morgan fingerprint density at radius 1 is 0.808 bits per heavy atom. The van der Waals surface area contributed by atoms with Crippen molar-refractivity contribution in [1.82, 2.24) is 15.0 Å². The second kappa shape index (κ2) is 7.36. The topological polar surface area (TPSA) is 38.7 Å². The fraction of sp³-hybridized carbons (Fsp3) is 0.348. The molecule has 0 spiro atoms. The molecule has 0 amide bonds. The number of hydrogen-bond acceptors (Lipinski definition) is 3. The largest absolute Gasteiger partial charge is 0.217 e. The van der Waals surface area contributed by atoms with Gasteiger partial charge in [0.15, 0.2) is 5.82 Å². The van der Waals surface area contributed by atoms with Gasteiger partial charge in [0.25, 0.3) is 0 Å². The molecule has 3 aromatic rings. The van der Waals surface area contributed by atoms with Crippen LogP contribution in [0.1, 0.15) is 63.3 Å². The highest BCUT2D eigenvalue weighted by atomic mass is 15.0. The Hall–Kier alpha value is -2.55. The van der Waals surface area contributed by atoms with Crippen molar-refractivity contribution in [3.63, 3.8) is 0 Å². The molecule has 134 valence electrons. The SMILES string of the molecule is CC(C)c1nc(-c2cccc(Cc3ccccc3)c2)nc(C(C)(C)C)n1. The van der Waals surface area contributed by atoms with Crippen LogP contribution >= 0.6 is 0 Å². The van der Waals surface area contributed by atoms with Gasteiger partial charge in [-0.05, 0) is 23.6 Å². The van der Waals surface area contributed by atoms with E-state index in [0.29, 0.717) is 0 Å². The van der Waals surface area contributed by atoms with Crippen molar-refractivity contribution in [3.05, 3.63) is 77.4 Å². The third-order valence-electron chi connectivity index (χ3n) is 4.28. The molecule has 0 saturated heterocycles. The van der Waals surface area contributed by atoms with Gasteiger partial charge >= 0.3 is 0 Å². The molecule has 2 aromatic carbocycles. The van der Waals surface area contributed by atoms with Crippen LogP contribution in [0.4, 0.5) is 0 Å². The maximum atomic E-state index is 4.78. The Kier molecular flexibility index (Phi) is 5.17. The van der Waals surface area contributed by atoms with E-state index in [0.717, 1.165) is 29.5 Å². The first-order valence-electron chi connectivity index (χ1n) is 9.22. The molecule has 3 rings (SSSR count). The summed E-state index contributed by atoms with van der Waals surface area (Å²) in [6, 6.07) is 19.0. The van der Waals surface area contributed by atoms with E-state index in [2.05, 4.69) is 83.1 Å². The van der Waals surface area contributed by atoms with Crippen molar-refractivity contribution >= 4 is 0 Å². The number of rotatable bonds is 4. The molecule has 3 heteroatoms. The minimum atomic E-state index is -0.108. The minimum Gasteiger partial charge on any atom is -0.217 e. The summed E-state index contributed by atoms with van der Waals surface area (Å²) in [5.74, 6) is 2.74. The highest BCUT2D eigenvalue weighted by Gasteiger charge is 2.21. The molecule has 26 heavy (non-hydrogen) atoms. The Labute approximate surface area is 156 Å². The third kappa shape index (κ3) is 4.34. The molecule has 0 aliphatic rings. The molecule has 0 saturated carbocycles. The van der Waals surface area contributed by atoms with Crippen LogP contribution in [-0.4, -0.2) is 15.0 Å². The zero-order chi connectivity index (χ0) is 18.7. The first-order chi connectivity index (χ1) is 12.3. The molecular formula is C23H27N3. The lowest BCUT2D eigenvalue weighted by atomic mass is 9.95. The summed E-state index contributed by atoms with van der Waals surface area (Å²) in [5.41, 5.74) is 3.51. The van der Waals surface area contributed by atoms with Crippen LogP contribution in [0.15, 0.2) is 54.6 Å². The monoisotopic (exact) mass is 345 g/mol. The van der Waals surface area contributed by atoms with Crippen molar-refractivity contribution in [2.75, 3.05) is 0 Å². The molecule has 3 nitrogen and oxygen atoms in total. The summed E-state index contributed by atoms with van der Waals surface area (Å²) in [4.78, 5) is 14.2. The van der Waals surface area contributed by atoms with Gasteiger partial charge in [0.2, 0.25) is 0 Å². The summed E-state index contributed by atoms with van der Waals surface area (Å²) in [6.45, 7) is 10.7. The third-order valence-corrected chi connectivity index (χ3v) is 4.28. The average molecular weight is 345 g/mol. The predicted molar refractivity (Wildman–Crippen MR) is 107 cm³/mol. The molecule has 0 aliphatic heterocycles. The van der Waals surface area contributed by atoms with E-state index in [1.54, 1.807) is 0 Å². The molecule has 0 bridgehead atoms. The summed E-state index contributed by atoms with van der Waals surface area (Å²) >= 11 is 0. The summed E-state index contributed by atoms with van der Waals surface area (Å²) in [5, 5.41) is 0. The van der Waals surface area contributed by atoms with Crippen molar-refractivity contribution < 1.29 is 0 Å². The Morgan fingerprint density at radius 2 is 1.50 bits per heavy atom. The van der Waals surface area contributed by atoms with Crippen LogP contribution in [0, 0.1) is 0 Å². The second-order valence-corrected chi connectivity index (χ2v) is 8.11. The molecule has 0 aliphatic carbocycles. The fourth-order valence-electron chi connectivity index (χ4n) is 2.77. The summed E-state index contributed by atoms with van der Waals surface area (Å²) in [7, 11) is 0. The van der Waals surface area contributed by atoms with E-state index in [9.17, 15) is 0 Å². The quantitative estimate of drug-likeness (QED) is 0.622. The highest BCUT2D eigenvalue weighted by Crippen LogP contribution is 2.25. The normalized spacial score (nSPS) is 11.8. The van der Waals surface area contributed by atoms with E-state index in [4.69, 9.17) is 15.0 Å². The van der Waals surface area contributed by atoms with Crippen LogP contribution in [0.5, 0.6) is 0 Å². The van der Waals surface area contributed by atoms with Gasteiger partial charge < -0.3 is 0 Å². The molecule has 0 unspecified atom stereocenters. The number of hydrogen-bond donors (Lipinski definition) is 0. The first-order valence-corrected chi connectivity index (χ1v) is 9.22. The van der Waals surface area contributed by atoms with Crippen LogP contribution in [-0.2, 0) is 11.8 Å². The zero-order valence-electron chi connectivity index (χ0n) is 16.3. The highest BCUT2D eigenvalue weighted by molar-refractivity contribution is 5.56. The lowest BCUT2D eigenvalue weighted by Crippen LogP contribution is -2.19. The number of benzene rings is 2. The van der Waals surface area contributed by atoms with E-state index in [1.807, 2.05) is 6.07 Å². The van der Waals surface area contributed by atoms with Gasteiger partial charge in [0.1, 0.15) is 11.6 Å². The van der Waals surface area contributed by atoms with Crippen molar-refractivity contribution in [3.8, 4) is 11.4 Å². The standard InChI is InChI=1S/C23H27N3/c1-16(2)20-24-21(26-22(25-20)23(3,4)5)19-13-9-12-18(15-19)14-17-10-7-6-8-11-17/h6-13,15-16H,14H2,1-5H3. The predicted octanol–water partition coefficient (Wildman–Crippen LogP) is 5.55. The van der Waals surface area contributed by atoms with Crippen molar-refractivity contribution in [2.45, 2.75) is 52.4 Å². The van der Waals surface area contributed by atoms with Gasteiger partial charge in [-0.3, -0.25) is 0 Å². The second-order valence-electron chi connectivity index (χ2n) is 8.11. The maximum absolute atomic E-state index is 4.78. The fourth-order valence-corrected chi connectivity index (χ4v) is 2.77. The first kappa shape index (κ1) is 18.2. The smallest absolute Gasteiger partial charge is 0.163 e. The lowest BCUT2D eigenvalue weighted by molar-refractivity contribution is 0.533.